The van der Waals surface area contributed by atoms with E-state index in [9.17, 15) is 19.7 Å². The van der Waals surface area contributed by atoms with Crippen molar-refractivity contribution in [3.63, 3.8) is 0 Å². The van der Waals surface area contributed by atoms with Crippen molar-refractivity contribution in [2.75, 3.05) is 4.90 Å². The van der Waals surface area contributed by atoms with E-state index in [-0.39, 0.29) is 12.1 Å². The summed E-state index contributed by atoms with van der Waals surface area (Å²) in [6.07, 6.45) is -0.0319. The van der Waals surface area contributed by atoms with E-state index in [1.165, 1.54) is 24.3 Å². The van der Waals surface area contributed by atoms with Gasteiger partial charge in [-0.1, -0.05) is 0 Å². The van der Waals surface area contributed by atoms with E-state index in [0.717, 1.165) is 4.90 Å². The van der Waals surface area contributed by atoms with Crippen molar-refractivity contribution >= 4 is 23.2 Å². The molecular formula is C10H9N3O4. The van der Waals surface area contributed by atoms with E-state index in [2.05, 4.69) is 0 Å². The standard InChI is InChI=1S/C10H9N3O4/c11-8-5-9(14)12(10(8)15)6-1-3-7(4-2-6)13(16)17/h1-4,8H,5,11H2/t8-/m1/s1. The molecule has 0 saturated carbocycles. The molecule has 2 N–H and O–H groups in total. The zero-order valence-electron chi connectivity index (χ0n) is 8.70. The van der Waals surface area contributed by atoms with E-state index in [1.54, 1.807) is 0 Å². The zero-order chi connectivity index (χ0) is 12.6. The molecule has 2 rings (SSSR count). The number of nitro groups is 1. The normalized spacial score (nSPS) is 19.8. The molecular weight excluding hydrogens is 226 g/mol. The van der Waals surface area contributed by atoms with Crippen LogP contribution in [0.3, 0.4) is 0 Å². The molecule has 1 aromatic carbocycles. The summed E-state index contributed by atoms with van der Waals surface area (Å²) in [7, 11) is 0. The second-order valence-corrected chi connectivity index (χ2v) is 3.65. The van der Waals surface area contributed by atoms with E-state index in [1.807, 2.05) is 0 Å². The fraction of sp³-hybridized carbons (Fsp3) is 0.200. The number of carbonyl (C=O) groups excluding carboxylic acids is 2. The summed E-state index contributed by atoms with van der Waals surface area (Å²) in [5.74, 6) is -0.875. The molecule has 1 heterocycles. The third-order valence-corrected chi connectivity index (χ3v) is 2.50. The van der Waals surface area contributed by atoms with E-state index in [0.29, 0.717) is 5.69 Å². The highest BCUT2D eigenvalue weighted by Crippen LogP contribution is 2.24. The minimum atomic E-state index is -0.822. The second kappa shape index (κ2) is 3.95. The SMILES string of the molecule is N[C@@H]1CC(=O)N(c2ccc([N+](=O)[O-])cc2)C1=O. The van der Waals surface area contributed by atoms with Gasteiger partial charge in [0.2, 0.25) is 5.91 Å². The maximum Gasteiger partial charge on any atom is 0.269 e. The van der Waals surface area contributed by atoms with Gasteiger partial charge in [0.15, 0.2) is 0 Å². The number of hydrogen-bond donors (Lipinski definition) is 1. The number of rotatable bonds is 2. The maximum atomic E-state index is 11.6. The number of anilines is 1. The number of benzene rings is 1. The summed E-state index contributed by atoms with van der Waals surface area (Å²) in [4.78, 5) is 33.9. The van der Waals surface area contributed by atoms with Gasteiger partial charge in [-0.3, -0.25) is 19.7 Å². The minimum absolute atomic E-state index is 0.0319. The van der Waals surface area contributed by atoms with Crippen LogP contribution in [0.4, 0.5) is 11.4 Å². The van der Waals surface area contributed by atoms with Crippen LogP contribution in [0.2, 0.25) is 0 Å². The molecule has 1 aromatic rings. The Morgan fingerprint density at radius 2 is 1.88 bits per heavy atom. The van der Waals surface area contributed by atoms with Gasteiger partial charge in [0.1, 0.15) is 0 Å². The average molecular weight is 235 g/mol. The number of hydrogen-bond acceptors (Lipinski definition) is 5. The Kier molecular flexibility index (Phi) is 2.60. The summed E-state index contributed by atoms with van der Waals surface area (Å²) >= 11 is 0. The number of non-ortho nitro benzene ring substituents is 1. The smallest absolute Gasteiger partial charge is 0.269 e. The molecule has 1 saturated heterocycles. The summed E-state index contributed by atoms with van der Waals surface area (Å²) < 4.78 is 0. The second-order valence-electron chi connectivity index (χ2n) is 3.65. The number of nitrogens with two attached hydrogens (primary N) is 1. The van der Waals surface area contributed by atoms with Crippen LogP contribution in [-0.4, -0.2) is 22.8 Å². The topological polar surface area (TPSA) is 107 Å². The van der Waals surface area contributed by atoms with Crippen molar-refractivity contribution in [3.05, 3.63) is 34.4 Å². The monoisotopic (exact) mass is 235 g/mol. The van der Waals surface area contributed by atoms with Crippen LogP contribution in [0.1, 0.15) is 6.42 Å². The highest BCUT2D eigenvalue weighted by molar-refractivity contribution is 6.22. The maximum absolute atomic E-state index is 11.6. The molecule has 0 aliphatic carbocycles. The highest BCUT2D eigenvalue weighted by atomic mass is 16.6. The molecule has 1 fully saturated rings. The van der Waals surface area contributed by atoms with Crippen molar-refractivity contribution < 1.29 is 14.5 Å². The van der Waals surface area contributed by atoms with E-state index >= 15 is 0 Å². The average Bonchev–Trinajstić information content (AvgIpc) is 2.53. The fourth-order valence-electron chi connectivity index (χ4n) is 1.65. The summed E-state index contributed by atoms with van der Waals surface area (Å²) in [5, 5.41) is 10.5. The Labute approximate surface area is 96.0 Å². The van der Waals surface area contributed by atoms with Crippen molar-refractivity contribution in [1.82, 2.24) is 0 Å². The lowest BCUT2D eigenvalue weighted by Gasteiger charge is -2.13. The van der Waals surface area contributed by atoms with Gasteiger partial charge in [-0.05, 0) is 12.1 Å². The molecule has 7 heteroatoms. The molecule has 1 atom stereocenters. The Hall–Kier alpha value is -2.28. The Morgan fingerprint density at radius 3 is 2.29 bits per heavy atom. The van der Waals surface area contributed by atoms with Crippen LogP contribution >= 0.6 is 0 Å². The first kappa shape index (κ1) is 11.2. The Balaban J connectivity index is 2.32. The van der Waals surface area contributed by atoms with Crippen LogP contribution < -0.4 is 10.6 Å². The van der Waals surface area contributed by atoms with E-state index < -0.39 is 22.8 Å². The van der Waals surface area contributed by atoms with Crippen LogP contribution in [0.5, 0.6) is 0 Å². The van der Waals surface area contributed by atoms with Crippen molar-refractivity contribution in [1.29, 1.82) is 0 Å². The molecule has 0 radical (unpaired) electrons. The number of nitrogens with zero attached hydrogens (tertiary/aromatic N) is 2. The van der Waals surface area contributed by atoms with Crippen molar-refractivity contribution in [3.8, 4) is 0 Å². The zero-order valence-corrected chi connectivity index (χ0v) is 8.70. The Morgan fingerprint density at radius 1 is 1.29 bits per heavy atom. The molecule has 1 aliphatic heterocycles. The van der Waals surface area contributed by atoms with Gasteiger partial charge in [0, 0.05) is 12.1 Å². The van der Waals surface area contributed by atoms with E-state index in [4.69, 9.17) is 5.73 Å². The van der Waals surface area contributed by atoms with Crippen LogP contribution in [0, 0.1) is 10.1 Å². The molecule has 0 unspecified atom stereocenters. The lowest BCUT2D eigenvalue weighted by atomic mass is 10.2. The minimum Gasteiger partial charge on any atom is -0.319 e. The lowest BCUT2D eigenvalue weighted by Crippen LogP contribution is -2.35. The first-order valence-electron chi connectivity index (χ1n) is 4.87. The van der Waals surface area contributed by atoms with Crippen LogP contribution in [0.15, 0.2) is 24.3 Å². The number of amides is 2. The summed E-state index contributed by atoms with van der Waals surface area (Å²) in [6.45, 7) is 0. The van der Waals surface area contributed by atoms with Gasteiger partial charge in [-0.2, -0.15) is 0 Å². The lowest BCUT2D eigenvalue weighted by molar-refractivity contribution is -0.384. The Bertz CT molecular complexity index is 497. The molecule has 2 amide bonds. The molecule has 17 heavy (non-hydrogen) atoms. The molecule has 0 aromatic heterocycles. The number of nitro benzene ring substituents is 1. The molecule has 1 aliphatic rings. The first-order valence-corrected chi connectivity index (χ1v) is 4.87. The molecule has 0 spiro atoms. The van der Waals surface area contributed by atoms with Crippen LogP contribution in [-0.2, 0) is 9.59 Å². The molecule has 88 valence electrons. The van der Waals surface area contributed by atoms with Gasteiger partial charge in [0.25, 0.3) is 11.6 Å². The number of carbonyl (C=O) groups is 2. The van der Waals surface area contributed by atoms with Gasteiger partial charge in [0.05, 0.1) is 23.1 Å². The van der Waals surface area contributed by atoms with Gasteiger partial charge in [-0.15, -0.1) is 0 Å². The predicted octanol–water partition coefficient (Wildman–Crippen LogP) is 0.185. The first-order chi connectivity index (χ1) is 8.00. The quantitative estimate of drug-likeness (QED) is 0.447. The van der Waals surface area contributed by atoms with Gasteiger partial charge >= 0.3 is 0 Å². The number of imide groups is 1. The van der Waals surface area contributed by atoms with Crippen LogP contribution in [0.25, 0.3) is 0 Å². The molecule has 0 bridgehead atoms. The largest absolute Gasteiger partial charge is 0.319 e. The summed E-state index contributed by atoms with van der Waals surface area (Å²) in [5.41, 5.74) is 5.66. The van der Waals surface area contributed by atoms with Gasteiger partial charge < -0.3 is 5.73 Å². The predicted molar refractivity (Wildman–Crippen MR) is 58.2 cm³/mol. The molecule has 7 nitrogen and oxygen atoms in total. The van der Waals surface area contributed by atoms with Crippen molar-refractivity contribution in [2.45, 2.75) is 12.5 Å². The third-order valence-electron chi connectivity index (χ3n) is 2.50. The summed E-state index contributed by atoms with van der Waals surface area (Å²) in [6, 6.07) is 4.36. The van der Waals surface area contributed by atoms with Gasteiger partial charge in [-0.25, -0.2) is 4.90 Å². The third kappa shape index (κ3) is 1.87. The van der Waals surface area contributed by atoms with Crippen molar-refractivity contribution in [2.24, 2.45) is 5.73 Å². The fourth-order valence-corrected chi connectivity index (χ4v) is 1.65. The highest BCUT2D eigenvalue weighted by Gasteiger charge is 2.37.